The average Bonchev–Trinajstić information content (AvgIpc) is 2.62. The van der Waals surface area contributed by atoms with Crippen LogP contribution in [0.5, 0.6) is 5.75 Å². The summed E-state index contributed by atoms with van der Waals surface area (Å²) in [6, 6.07) is 21.0. The Morgan fingerprint density at radius 3 is 2.83 bits per heavy atom. The zero-order valence-corrected chi connectivity index (χ0v) is 13.9. The van der Waals surface area contributed by atoms with Crippen molar-refractivity contribution in [2.75, 3.05) is 19.0 Å². The molecule has 0 amide bonds. The lowest BCUT2D eigenvalue weighted by Crippen LogP contribution is -2.07. The van der Waals surface area contributed by atoms with E-state index in [2.05, 4.69) is 27.4 Å². The van der Waals surface area contributed by atoms with E-state index < -0.39 is 0 Å². The average molecular weight is 318 g/mol. The Morgan fingerprint density at radius 1 is 1.12 bits per heavy atom. The molecule has 121 valence electrons. The van der Waals surface area contributed by atoms with Crippen LogP contribution < -0.4 is 10.1 Å². The van der Waals surface area contributed by atoms with E-state index in [1.165, 1.54) is 5.56 Å². The number of rotatable bonds is 6. The summed E-state index contributed by atoms with van der Waals surface area (Å²) in [6.07, 6.45) is 0.925. The van der Waals surface area contributed by atoms with Crippen molar-refractivity contribution >= 4 is 5.82 Å². The molecule has 0 bridgehead atoms. The SMILES string of the molecule is COc1cccc(-c2cc(NCCc3c[c]ccc3)nc(C)n2)c1. The molecule has 24 heavy (non-hydrogen) atoms. The van der Waals surface area contributed by atoms with Gasteiger partial charge in [-0.1, -0.05) is 36.4 Å². The molecule has 4 heteroatoms. The lowest BCUT2D eigenvalue weighted by molar-refractivity contribution is 0.415. The van der Waals surface area contributed by atoms with Gasteiger partial charge in [0.15, 0.2) is 0 Å². The smallest absolute Gasteiger partial charge is 0.130 e. The van der Waals surface area contributed by atoms with Crippen LogP contribution in [0.15, 0.2) is 54.6 Å². The minimum Gasteiger partial charge on any atom is -0.497 e. The maximum absolute atomic E-state index is 5.29. The summed E-state index contributed by atoms with van der Waals surface area (Å²) in [5.74, 6) is 2.39. The predicted octanol–water partition coefficient (Wildman–Crippen LogP) is 3.92. The first-order valence-electron chi connectivity index (χ1n) is 7.93. The van der Waals surface area contributed by atoms with Crippen LogP contribution in [0.2, 0.25) is 0 Å². The lowest BCUT2D eigenvalue weighted by Gasteiger charge is -2.09. The monoisotopic (exact) mass is 318 g/mol. The van der Waals surface area contributed by atoms with Crippen molar-refractivity contribution < 1.29 is 4.74 Å². The third-order valence-corrected chi connectivity index (χ3v) is 3.69. The molecule has 1 aromatic heterocycles. The molecule has 0 saturated carbocycles. The highest BCUT2D eigenvalue weighted by Crippen LogP contribution is 2.23. The van der Waals surface area contributed by atoms with Gasteiger partial charge in [0.1, 0.15) is 17.4 Å². The Balaban J connectivity index is 1.73. The number of nitrogens with one attached hydrogen (secondary N) is 1. The minimum atomic E-state index is 0.742. The highest BCUT2D eigenvalue weighted by molar-refractivity contribution is 5.64. The van der Waals surface area contributed by atoms with Gasteiger partial charge in [-0.2, -0.15) is 0 Å². The van der Waals surface area contributed by atoms with Gasteiger partial charge < -0.3 is 10.1 Å². The fraction of sp³-hybridized carbons (Fsp3) is 0.200. The Kier molecular flexibility index (Phi) is 5.06. The van der Waals surface area contributed by atoms with Crippen molar-refractivity contribution in [3.05, 3.63) is 72.1 Å². The maximum Gasteiger partial charge on any atom is 0.130 e. The van der Waals surface area contributed by atoms with Crippen molar-refractivity contribution in [1.29, 1.82) is 0 Å². The number of ether oxygens (including phenoxy) is 1. The quantitative estimate of drug-likeness (QED) is 0.748. The summed E-state index contributed by atoms with van der Waals surface area (Å²) in [5.41, 5.74) is 3.15. The molecule has 0 fully saturated rings. The van der Waals surface area contributed by atoms with Gasteiger partial charge in [-0.3, -0.25) is 0 Å². The van der Waals surface area contributed by atoms with E-state index in [9.17, 15) is 0 Å². The molecule has 4 nitrogen and oxygen atoms in total. The van der Waals surface area contributed by atoms with Gasteiger partial charge in [0.05, 0.1) is 12.8 Å². The molecule has 0 aliphatic carbocycles. The second-order valence-electron chi connectivity index (χ2n) is 5.51. The molecule has 1 heterocycles. The van der Waals surface area contributed by atoms with E-state index in [0.29, 0.717) is 0 Å². The zero-order chi connectivity index (χ0) is 16.8. The number of anilines is 1. The first-order valence-corrected chi connectivity index (χ1v) is 7.93. The highest BCUT2D eigenvalue weighted by atomic mass is 16.5. The molecule has 3 rings (SSSR count). The first kappa shape index (κ1) is 16.0. The Bertz CT molecular complexity index is 803. The second-order valence-corrected chi connectivity index (χ2v) is 5.51. The van der Waals surface area contributed by atoms with E-state index in [1.807, 2.05) is 55.5 Å². The summed E-state index contributed by atoms with van der Waals surface area (Å²) >= 11 is 0. The van der Waals surface area contributed by atoms with Crippen molar-refractivity contribution in [2.24, 2.45) is 0 Å². The van der Waals surface area contributed by atoms with Crippen LogP contribution in [-0.2, 0) is 6.42 Å². The number of methoxy groups -OCH3 is 1. The minimum absolute atomic E-state index is 0.742. The van der Waals surface area contributed by atoms with E-state index in [0.717, 1.165) is 41.6 Å². The van der Waals surface area contributed by atoms with Crippen LogP contribution in [0, 0.1) is 13.0 Å². The summed E-state index contributed by atoms with van der Waals surface area (Å²) in [4.78, 5) is 9.01. The standard InChI is InChI=1S/C20H20N3O/c1-15-22-19(17-9-6-10-18(13-17)24-2)14-20(23-15)21-12-11-16-7-4-3-5-8-16/h3-4,6-10,13-14H,11-12H2,1-2H3,(H,21,22,23). The van der Waals surface area contributed by atoms with Crippen molar-refractivity contribution in [3.8, 4) is 17.0 Å². The number of aromatic nitrogens is 2. The Morgan fingerprint density at radius 2 is 2.04 bits per heavy atom. The molecule has 1 N–H and O–H groups in total. The molecule has 0 unspecified atom stereocenters. The summed E-state index contributed by atoms with van der Waals surface area (Å²) in [7, 11) is 1.67. The van der Waals surface area contributed by atoms with Crippen LogP contribution >= 0.6 is 0 Å². The van der Waals surface area contributed by atoms with Gasteiger partial charge in [-0.15, -0.1) is 0 Å². The molecule has 0 spiro atoms. The Hall–Kier alpha value is -2.88. The third kappa shape index (κ3) is 4.10. The molecular weight excluding hydrogens is 298 g/mol. The number of aryl methyl sites for hydroxylation is 1. The number of hydrogen-bond donors (Lipinski definition) is 1. The first-order chi connectivity index (χ1) is 11.7. The normalized spacial score (nSPS) is 10.4. The third-order valence-electron chi connectivity index (χ3n) is 3.69. The topological polar surface area (TPSA) is 47.0 Å². The van der Waals surface area contributed by atoms with Crippen molar-refractivity contribution in [2.45, 2.75) is 13.3 Å². The van der Waals surface area contributed by atoms with Gasteiger partial charge in [-0.05, 0) is 37.1 Å². The fourth-order valence-electron chi connectivity index (χ4n) is 2.51. The van der Waals surface area contributed by atoms with Crippen LogP contribution in [0.25, 0.3) is 11.3 Å². The largest absolute Gasteiger partial charge is 0.497 e. The molecule has 1 radical (unpaired) electrons. The van der Waals surface area contributed by atoms with E-state index in [4.69, 9.17) is 4.74 Å². The lowest BCUT2D eigenvalue weighted by atomic mass is 10.1. The van der Waals surface area contributed by atoms with Gasteiger partial charge >= 0.3 is 0 Å². The molecule has 3 aromatic rings. The van der Waals surface area contributed by atoms with Gasteiger partial charge in [0, 0.05) is 18.2 Å². The molecule has 0 saturated heterocycles. The number of hydrogen-bond acceptors (Lipinski definition) is 4. The number of benzene rings is 2. The van der Waals surface area contributed by atoms with Crippen LogP contribution in [0.1, 0.15) is 11.4 Å². The van der Waals surface area contributed by atoms with Gasteiger partial charge in [-0.25, -0.2) is 9.97 Å². The van der Waals surface area contributed by atoms with E-state index in [-0.39, 0.29) is 0 Å². The highest BCUT2D eigenvalue weighted by Gasteiger charge is 2.05. The predicted molar refractivity (Wildman–Crippen MR) is 96.2 cm³/mol. The summed E-state index contributed by atoms with van der Waals surface area (Å²) < 4.78 is 5.29. The van der Waals surface area contributed by atoms with Crippen molar-refractivity contribution in [3.63, 3.8) is 0 Å². The van der Waals surface area contributed by atoms with Crippen LogP contribution in [-0.4, -0.2) is 23.6 Å². The fourth-order valence-corrected chi connectivity index (χ4v) is 2.51. The Labute approximate surface area is 142 Å². The van der Waals surface area contributed by atoms with E-state index in [1.54, 1.807) is 7.11 Å². The van der Waals surface area contributed by atoms with Crippen LogP contribution in [0.3, 0.4) is 0 Å². The van der Waals surface area contributed by atoms with Crippen LogP contribution in [0.4, 0.5) is 5.82 Å². The molecule has 0 aliphatic rings. The second kappa shape index (κ2) is 7.59. The van der Waals surface area contributed by atoms with E-state index >= 15 is 0 Å². The molecular formula is C20H20N3O. The van der Waals surface area contributed by atoms with Gasteiger partial charge in [0.25, 0.3) is 0 Å². The number of nitrogens with zero attached hydrogens (tertiary/aromatic N) is 2. The zero-order valence-electron chi connectivity index (χ0n) is 13.9. The van der Waals surface area contributed by atoms with Gasteiger partial charge in [0.2, 0.25) is 0 Å². The maximum atomic E-state index is 5.29. The summed E-state index contributed by atoms with van der Waals surface area (Å²) in [5, 5.41) is 3.38. The molecule has 2 aromatic carbocycles. The van der Waals surface area contributed by atoms with Crippen molar-refractivity contribution in [1.82, 2.24) is 9.97 Å². The summed E-state index contributed by atoms with van der Waals surface area (Å²) in [6.45, 7) is 2.72. The molecule has 0 aliphatic heterocycles. The molecule has 0 atom stereocenters.